The van der Waals surface area contributed by atoms with E-state index in [0.29, 0.717) is 12.2 Å². The van der Waals surface area contributed by atoms with Gasteiger partial charge in [0.25, 0.3) is 5.91 Å². The highest BCUT2D eigenvalue weighted by molar-refractivity contribution is 5.97. The average molecular weight is 403 g/mol. The lowest BCUT2D eigenvalue weighted by Gasteiger charge is -2.26. The number of esters is 1. The van der Waals surface area contributed by atoms with Crippen LogP contribution in [-0.2, 0) is 16.1 Å². The van der Waals surface area contributed by atoms with Crippen molar-refractivity contribution in [3.05, 3.63) is 96.1 Å². The van der Waals surface area contributed by atoms with Crippen LogP contribution in [0.25, 0.3) is 0 Å². The van der Waals surface area contributed by atoms with Crippen molar-refractivity contribution in [1.29, 1.82) is 0 Å². The third kappa shape index (κ3) is 5.70. The van der Waals surface area contributed by atoms with Gasteiger partial charge in [0.15, 0.2) is 6.61 Å². The summed E-state index contributed by atoms with van der Waals surface area (Å²) in [5, 5.41) is 0. The number of hydrogen-bond donors (Lipinski definition) is 0. The third-order valence-corrected chi connectivity index (χ3v) is 4.48. The minimum Gasteiger partial charge on any atom is -0.489 e. The third-order valence-electron chi connectivity index (χ3n) is 4.48. The Morgan fingerprint density at radius 3 is 2.03 bits per heavy atom. The van der Waals surface area contributed by atoms with E-state index >= 15 is 0 Å². The van der Waals surface area contributed by atoms with E-state index in [1.807, 2.05) is 86.6 Å². The molecule has 0 N–H and O–H groups in total. The molecular weight excluding hydrogens is 378 g/mol. The van der Waals surface area contributed by atoms with Gasteiger partial charge in [0.1, 0.15) is 12.4 Å². The van der Waals surface area contributed by atoms with Gasteiger partial charge in [0.2, 0.25) is 0 Å². The van der Waals surface area contributed by atoms with Crippen molar-refractivity contribution in [1.82, 2.24) is 0 Å². The monoisotopic (exact) mass is 403 g/mol. The highest BCUT2D eigenvalue weighted by atomic mass is 16.5. The summed E-state index contributed by atoms with van der Waals surface area (Å²) in [6.07, 6.45) is 0. The maximum atomic E-state index is 12.6. The predicted molar refractivity (Wildman–Crippen MR) is 117 cm³/mol. The van der Waals surface area contributed by atoms with Gasteiger partial charge in [-0.1, -0.05) is 48.5 Å². The first kappa shape index (κ1) is 21.1. The number of amides is 1. The summed E-state index contributed by atoms with van der Waals surface area (Å²) < 4.78 is 10.9. The summed E-state index contributed by atoms with van der Waals surface area (Å²) in [6, 6.07) is 25.8. The van der Waals surface area contributed by atoms with Gasteiger partial charge < -0.3 is 14.4 Å². The molecule has 0 aliphatic rings. The van der Waals surface area contributed by atoms with E-state index in [2.05, 4.69) is 0 Å². The number of ether oxygens (including phenoxy) is 2. The molecule has 3 aromatic carbocycles. The second-order valence-corrected chi connectivity index (χ2v) is 7.07. The minimum absolute atomic E-state index is 0.0532. The number of carbonyl (C=O) groups excluding carboxylic acids is 2. The second kappa shape index (κ2) is 10.3. The average Bonchev–Trinajstić information content (AvgIpc) is 2.78. The molecule has 0 saturated carbocycles. The molecule has 0 bridgehead atoms. The van der Waals surface area contributed by atoms with Gasteiger partial charge in [0.05, 0.1) is 5.56 Å². The zero-order valence-electron chi connectivity index (χ0n) is 17.2. The number of para-hydroxylation sites is 2. The minimum atomic E-state index is -0.532. The zero-order chi connectivity index (χ0) is 21.3. The molecule has 30 heavy (non-hydrogen) atoms. The van der Waals surface area contributed by atoms with Crippen molar-refractivity contribution >= 4 is 17.6 Å². The molecule has 3 rings (SSSR count). The first-order chi connectivity index (χ1) is 14.5. The van der Waals surface area contributed by atoms with Crippen LogP contribution in [0.4, 0.5) is 5.69 Å². The molecule has 0 spiro atoms. The summed E-state index contributed by atoms with van der Waals surface area (Å²) >= 11 is 0. The van der Waals surface area contributed by atoms with E-state index in [4.69, 9.17) is 9.47 Å². The second-order valence-electron chi connectivity index (χ2n) is 7.07. The number of benzene rings is 3. The molecule has 0 radical (unpaired) electrons. The molecule has 1 amide bonds. The largest absolute Gasteiger partial charge is 0.489 e. The predicted octanol–water partition coefficient (Wildman–Crippen LogP) is 4.86. The van der Waals surface area contributed by atoms with Crippen molar-refractivity contribution in [2.24, 2.45) is 0 Å². The lowest BCUT2D eigenvalue weighted by atomic mass is 10.1. The van der Waals surface area contributed by atoms with E-state index in [0.717, 1.165) is 17.0 Å². The maximum absolute atomic E-state index is 12.6. The standard InChI is InChI=1S/C25H25NO4/c1-19(2)26(22-9-5-3-6-10-22)24(27)18-30-25(28)21-15-13-20(14-16-21)17-29-23-11-7-4-8-12-23/h3-16,19H,17-18H2,1-2H3. The highest BCUT2D eigenvalue weighted by Crippen LogP contribution is 2.17. The van der Waals surface area contributed by atoms with Crippen LogP contribution >= 0.6 is 0 Å². The van der Waals surface area contributed by atoms with E-state index in [-0.39, 0.29) is 18.6 Å². The first-order valence-electron chi connectivity index (χ1n) is 9.85. The van der Waals surface area contributed by atoms with Crippen molar-refractivity contribution in [2.75, 3.05) is 11.5 Å². The Morgan fingerprint density at radius 2 is 1.43 bits per heavy atom. The van der Waals surface area contributed by atoms with Gasteiger partial charge in [-0.2, -0.15) is 0 Å². The molecule has 0 saturated heterocycles. The molecule has 5 nitrogen and oxygen atoms in total. The van der Waals surface area contributed by atoms with Crippen LogP contribution in [0.5, 0.6) is 5.75 Å². The molecule has 0 aliphatic carbocycles. The fourth-order valence-electron chi connectivity index (χ4n) is 3.02. The lowest BCUT2D eigenvalue weighted by Crippen LogP contribution is -2.39. The Kier molecular flexibility index (Phi) is 7.22. The van der Waals surface area contributed by atoms with Crippen LogP contribution in [0.1, 0.15) is 29.8 Å². The van der Waals surface area contributed by atoms with Crippen LogP contribution < -0.4 is 9.64 Å². The van der Waals surface area contributed by atoms with Crippen molar-refractivity contribution in [3.8, 4) is 5.75 Å². The maximum Gasteiger partial charge on any atom is 0.338 e. The van der Waals surface area contributed by atoms with Gasteiger partial charge in [0, 0.05) is 11.7 Å². The summed E-state index contributed by atoms with van der Waals surface area (Å²) in [5.41, 5.74) is 2.10. The quantitative estimate of drug-likeness (QED) is 0.504. The van der Waals surface area contributed by atoms with Gasteiger partial charge in [-0.05, 0) is 55.8 Å². The number of hydrogen-bond acceptors (Lipinski definition) is 4. The number of anilines is 1. The van der Waals surface area contributed by atoms with E-state index in [1.54, 1.807) is 17.0 Å². The zero-order valence-corrected chi connectivity index (χ0v) is 17.2. The van der Waals surface area contributed by atoms with E-state index in [9.17, 15) is 9.59 Å². The molecule has 0 aliphatic heterocycles. The summed E-state index contributed by atoms with van der Waals surface area (Å²) in [4.78, 5) is 26.6. The molecule has 0 fully saturated rings. The molecule has 5 heteroatoms. The van der Waals surface area contributed by atoms with E-state index in [1.165, 1.54) is 0 Å². The normalized spacial score (nSPS) is 10.5. The molecule has 154 valence electrons. The smallest absolute Gasteiger partial charge is 0.338 e. The van der Waals surface area contributed by atoms with Crippen molar-refractivity contribution < 1.29 is 19.1 Å². The van der Waals surface area contributed by atoms with Crippen LogP contribution in [0.15, 0.2) is 84.9 Å². The van der Waals surface area contributed by atoms with Gasteiger partial charge in [-0.3, -0.25) is 4.79 Å². The Morgan fingerprint density at radius 1 is 0.833 bits per heavy atom. The number of carbonyl (C=O) groups is 2. The van der Waals surface area contributed by atoms with Crippen LogP contribution in [0, 0.1) is 0 Å². The Hall–Kier alpha value is -3.60. The first-order valence-corrected chi connectivity index (χ1v) is 9.85. The van der Waals surface area contributed by atoms with Gasteiger partial charge in [-0.15, -0.1) is 0 Å². The molecule has 3 aromatic rings. The number of nitrogens with zero attached hydrogens (tertiary/aromatic N) is 1. The lowest BCUT2D eigenvalue weighted by molar-refractivity contribution is -0.122. The SMILES string of the molecule is CC(C)N(C(=O)COC(=O)c1ccc(COc2ccccc2)cc1)c1ccccc1. The fourth-order valence-corrected chi connectivity index (χ4v) is 3.02. The Labute approximate surface area is 176 Å². The van der Waals surface area contributed by atoms with Gasteiger partial charge >= 0.3 is 5.97 Å². The molecular formula is C25H25NO4. The molecule has 0 heterocycles. The highest BCUT2D eigenvalue weighted by Gasteiger charge is 2.20. The van der Waals surface area contributed by atoms with E-state index < -0.39 is 5.97 Å². The van der Waals surface area contributed by atoms with Gasteiger partial charge in [-0.25, -0.2) is 4.79 Å². The fraction of sp³-hybridized carbons (Fsp3) is 0.200. The number of rotatable bonds is 8. The Balaban J connectivity index is 1.54. The van der Waals surface area contributed by atoms with Crippen LogP contribution in [-0.4, -0.2) is 24.5 Å². The summed E-state index contributed by atoms with van der Waals surface area (Å²) in [5.74, 6) is -0.0132. The van der Waals surface area contributed by atoms with Crippen molar-refractivity contribution in [3.63, 3.8) is 0 Å². The molecule has 0 aromatic heterocycles. The Bertz CT molecular complexity index is 953. The molecule has 0 atom stereocenters. The van der Waals surface area contributed by atoms with Crippen LogP contribution in [0.2, 0.25) is 0 Å². The topological polar surface area (TPSA) is 55.8 Å². The summed E-state index contributed by atoms with van der Waals surface area (Å²) in [7, 11) is 0. The summed E-state index contributed by atoms with van der Waals surface area (Å²) in [6.45, 7) is 3.93. The van der Waals surface area contributed by atoms with Crippen molar-refractivity contribution in [2.45, 2.75) is 26.5 Å². The van der Waals surface area contributed by atoms with Crippen LogP contribution in [0.3, 0.4) is 0 Å². The molecule has 0 unspecified atom stereocenters.